The molecule has 0 radical (unpaired) electrons. The SMILES string of the molecule is OCn1ncc(-c2ccccc2)n1. The van der Waals surface area contributed by atoms with E-state index in [1.807, 2.05) is 30.3 Å². The molecule has 1 aromatic heterocycles. The molecule has 1 aromatic carbocycles. The van der Waals surface area contributed by atoms with Gasteiger partial charge in [0.1, 0.15) is 5.69 Å². The maximum atomic E-state index is 8.74. The largest absolute Gasteiger partial charge is 0.373 e. The summed E-state index contributed by atoms with van der Waals surface area (Å²) in [6, 6.07) is 9.72. The summed E-state index contributed by atoms with van der Waals surface area (Å²) in [4.78, 5) is 1.24. The number of benzene rings is 1. The molecular formula is C9H9N3O. The van der Waals surface area contributed by atoms with E-state index in [4.69, 9.17) is 5.11 Å². The van der Waals surface area contributed by atoms with E-state index in [0.717, 1.165) is 11.3 Å². The van der Waals surface area contributed by atoms with Gasteiger partial charge in [0, 0.05) is 5.56 Å². The highest BCUT2D eigenvalue weighted by atomic mass is 16.3. The number of hydrogen-bond acceptors (Lipinski definition) is 3. The van der Waals surface area contributed by atoms with E-state index in [1.165, 1.54) is 4.80 Å². The van der Waals surface area contributed by atoms with Crippen molar-refractivity contribution in [1.29, 1.82) is 0 Å². The molecule has 1 heterocycles. The minimum absolute atomic E-state index is 0.188. The van der Waals surface area contributed by atoms with Crippen LogP contribution in [0, 0.1) is 0 Å². The molecule has 0 aliphatic rings. The lowest BCUT2D eigenvalue weighted by Crippen LogP contribution is -2.00. The molecule has 0 unspecified atom stereocenters. The van der Waals surface area contributed by atoms with Crippen LogP contribution in [0.15, 0.2) is 36.5 Å². The van der Waals surface area contributed by atoms with Crippen molar-refractivity contribution >= 4 is 0 Å². The number of aliphatic hydroxyl groups excluding tert-OH is 1. The topological polar surface area (TPSA) is 50.9 Å². The Bertz CT molecular complexity index is 383. The first-order valence-corrected chi connectivity index (χ1v) is 3.96. The predicted octanol–water partition coefficient (Wildman–Crippen LogP) is 0.895. The smallest absolute Gasteiger partial charge is 0.155 e. The molecule has 0 amide bonds. The van der Waals surface area contributed by atoms with E-state index in [9.17, 15) is 0 Å². The van der Waals surface area contributed by atoms with Crippen LogP contribution in [0.1, 0.15) is 0 Å². The van der Waals surface area contributed by atoms with Crippen LogP contribution in [0.2, 0.25) is 0 Å². The average Bonchev–Trinajstić information content (AvgIpc) is 2.67. The lowest BCUT2D eigenvalue weighted by atomic mass is 10.2. The molecule has 4 heteroatoms. The minimum Gasteiger partial charge on any atom is -0.373 e. The number of aliphatic hydroxyl groups is 1. The van der Waals surface area contributed by atoms with Crippen LogP contribution < -0.4 is 0 Å². The molecule has 0 bridgehead atoms. The second-order valence-corrected chi connectivity index (χ2v) is 2.61. The Hall–Kier alpha value is -1.68. The van der Waals surface area contributed by atoms with E-state index in [2.05, 4.69) is 10.2 Å². The highest BCUT2D eigenvalue weighted by Crippen LogP contribution is 2.13. The van der Waals surface area contributed by atoms with Crippen LogP contribution >= 0.6 is 0 Å². The van der Waals surface area contributed by atoms with Crippen molar-refractivity contribution < 1.29 is 5.11 Å². The second-order valence-electron chi connectivity index (χ2n) is 2.61. The van der Waals surface area contributed by atoms with Crippen LogP contribution in [0.5, 0.6) is 0 Å². The Labute approximate surface area is 75.4 Å². The number of hydrogen-bond donors (Lipinski definition) is 1. The van der Waals surface area contributed by atoms with Crippen molar-refractivity contribution in [3.8, 4) is 11.3 Å². The maximum absolute atomic E-state index is 8.74. The Balaban J connectivity index is 2.36. The fourth-order valence-corrected chi connectivity index (χ4v) is 1.11. The maximum Gasteiger partial charge on any atom is 0.155 e. The van der Waals surface area contributed by atoms with Gasteiger partial charge in [-0.15, -0.1) is 0 Å². The molecule has 2 rings (SSSR count). The molecule has 0 saturated heterocycles. The summed E-state index contributed by atoms with van der Waals surface area (Å²) in [6.45, 7) is -0.188. The van der Waals surface area contributed by atoms with Gasteiger partial charge in [-0.2, -0.15) is 15.0 Å². The molecule has 13 heavy (non-hydrogen) atoms. The highest BCUT2D eigenvalue weighted by Gasteiger charge is 2.00. The lowest BCUT2D eigenvalue weighted by Gasteiger charge is -1.93. The summed E-state index contributed by atoms with van der Waals surface area (Å²) < 4.78 is 0. The molecule has 2 aromatic rings. The van der Waals surface area contributed by atoms with Crippen LogP contribution in [0.25, 0.3) is 11.3 Å². The number of rotatable bonds is 2. The molecule has 1 N–H and O–H groups in total. The molecule has 0 aliphatic carbocycles. The third-order valence-corrected chi connectivity index (χ3v) is 1.73. The van der Waals surface area contributed by atoms with Gasteiger partial charge < -0.3 is 5.11 Å². The highest BCUT2D eigenvalue weighted by molar-refractivity contribution is 5.56. The summed E-state index contributed by atoms with van der Waals surface area (Å²) in [7, 11) is 0. The van der Waals surface area contributed by atoms with Crippen LogP contribution in [0.4, 0.5) is 0 Å². The van der Waals surface area contributed by atoms with E-state index in [1.54, 1.807) is 6.20 Å². The van der Waals surface area contributed by atoms with Crippen LogP contribution in [-0.4, -0.2) is 20.1 Å². The quantitative estimate of drug-likeness (QED) is 0.737. The molecule has 0 fully saturated rings. The third kappa shape index (κ3) is 1.57. The second kappa shape index (κ2) is 3.37. The zero-order valence-corrected chi connectivity index (χ0v) is 6.96. The first-order valence-electron chi connectivity index (χ1n) is 3.96. The van der Waals surface area contributed by atoms with Gasteiger partial charge in [-0.05, 0) is 0 Å². The predicted molar refractivity (Wildman–Crippen MR) is 47.7 cm³/mol. The Morgan fingerprint density at radius 2 is 2.00 bits per heavy atom. The summed E-state index contributed by atoms with van der Waals surface area (Å²) >= 11 is 0. The third-order valence-electron chi connectivity index (χ3n) is 1.73. The standard InChI is InChI=1S/C9H9N3O/c13-7-12-10-6-9(11-12)8-4-2-1-3-5-8/h1-6,13H,7H2. The van der Waals surface area contributed by atoms with E-state index >= 15 is 0 Å². The van der Waals surface area contributed by atoms with Gasteiger partial charge >= 0.3 is 0 Å². The molecule has 66 valence electrons. The Morgan fingerprint density at radius 3 is 2.62 bits per heavy atom. The van der Waals surface area contributed by atoms with Crippen LogP contribution in [0.3, 0.4) is 0 Å². The fraction of sp³-hybridized carbons (Fsp3) is 0.111. The van der Waals surface area contributed by atoms with Gasteiger partial charge in [0.25, 0.3) is 0 Å². The first-order chi connectivity index (χ1) is 6.40. The zero-order valence-electron chi connectivity index (χ0n) is 6.96. The molecule has 0 spiro atoms. The van der Waals surface area contributed by atoms with Crippen molar-refractivity contribution in [3.05, 3.63) is 36.5 Å². The Morgan fingerprint density at radius 1 is 1.23 bits per heavy atom. The summed E-state index contributed by atoms with van der Waals surface area (Å²) in [5.41, 5.74) is 1.77. The van der Waals surface area contributed by atoms with Gasteiger partial charge in [0.2, 0.25) is 0 Å². The Kier molecular flexibility index (Phi) is 2.06. The average molecular weight is 175 g/mol. The molecule has 0 atom stereocenters. The van der Waals surface area contributed by atoms with E-state index in [-0.39, 0.29) is 6.73 Å². The van der Waals surface area contributed by atoms with Crippen molar-refractivity contribution in [2.45, 2.75) is 6.73 Å². The first kappa shape index (κ1) is 7.94. The normalized spacial score (nSPS) is 10.2. The van der Waals surface area contributed by atoms with Crippen molar-refractivity contribution in [2.75, 3.05) is 0 Å². The van der Waals surface area contributed by atoms with Crippen molar-refractivity contribution in [1.82, 2.24) is 15.0 Å². The van der Waals surface area contributed by atoms with E-state index in [0.29, 0.717) is 0 Å². The van der Waals surface area contributed by atoms with Gasteiger partial charge in [-0.1, -0.05) is 30.3 Å². The monoisotopic (exact) mass is 175 g/mol. The van der Waals surface area contributed by atoms with Crippen molar-refractivity contribution in [2.24, 2.45) is 0 Å². The zero-order chi connectivity index (χ0) is 9.10. The summed E-state index contributed by atoms with van der Waals surface area (Å²) in [5.74, 6) is 0. The molecular weight excluding hydrogens is 166 g/mol. The van der Waals surface area contributed by atoms with E-state index < -0.39 is 0 Å². The van der Waals surface area contributed by atoms with Gasteiger partial charge in [0.05, 0.1) is 6.20 Å². The molecule has 0 saturated carbocycles. The molecule has 4 nitrogen and oxygen atoms in total. The van der Waals surface area contributed by atoms with Gasteiger partial charge in [0.15, 0.2) is 6.73 Å². The van der Waals surface area contributed by atoms with Crippen LogP contribution in [-0.2, 0) is 6.73 Å². The summed E-state index contributed by atoms with van der Waals surface area (Å²) in [5, 5.41) is 16.7. The number of nitrogens with zero attached hydrogens (tertiary/aromatic N) is 3. The minimum atomic E-state index is -0.188. The number of aromatic nitrogens is 3. The van der Waals surface area contributed by atoms with Gasteiger partial charge in [-0.3, -0.25) is 0 Å². The van der Waals surface area contributed by atoms with Gasteiger partial charge in [-0.25, -0.2) is 0 Å². The molecule has 0 aliphatic heterocycles. The van der Waals surface area contributed by atoms with Crippen molar-refractivity contribution in [3.63, 3.8) is 0 Å². The fourth-order valence-electron chi connectivity index (χ4n) is 1.11. The summed E-state index contributed by atoms with van der Waals surface area (Å²) in [6.07, 6.45) is 1.63. The lowest BCUT2D eigenvalue weighted by molar-refractivity contribution is 0.178.